The SMILES string of the molecule is CC(CCNC(=O)c1cccs1)c1ccc2c(c1)OCCO2. The van der Waals surface area contributed by atoms with Crippen molar-refractivity contribution in [3.63, 3.8) is 0 Å². The number of carbonyl (C=O) groups is 1. The van der Waals surface area contributed by atoms with E-state index in [1.807, 2.05) is 29.6 Å². The Labute approximate surface area is 134 Å². The van der Waals surface area contributed by atoms with Gasteiger partial charge in [0.25, 0.3) is 5.91 Å². The fraction of sp³-hybridized carbons (Fsp3) is 0.353. The van der Waals surface area contributed by atoms with Gasteiger partial charge < -0.3 is 14.8 Å². The average molecular weight is 317 g/mol. The summed E-state index contributed by atoms with van der Waals surface area (Å²) in [5, 5.41) is 4.87. The molecule has 1 amide bonds. The Hall–Kier alpha value is -2.01. The zero-order chi connectivity index (χ0) is 15.4. The molecule has 2 aromatic rings. The van der Waals surface area contributed by atoms with Crippen molar-refractivity contribution in [1.29, 1.82) is 0 Å². The van der Waals surface area contributed by atoms with Gasteiger partial charge in [-0.1, -0.05) is 19.1 Å². The van der Waals surface area contributed by atoms with Gasteiger partial charge in [-0.2, -0.15) is 0 Å². The van der Waals surface area contributed by atoms with Gasteiger partial charge in [0.15, 0.2) is 11.5 Å². The summed E-state index contributed by atoms with van der Waals surface area (Å²) in [6, 6.07) is 9.80. The van der Waals surface area contributed by atoms with E-state index >= 15 is 0 Å². The van der Waals surface area contributed by atoms with Gasteiger partial charge in [-0.25, -0.2) is 0 Å². The molecule has 116 valence electrons. The van der Waals surface area contributed by atoms with E-state index < -0.39 is 0 Å². The van der Waals surface area contributed by atoms with Gasteiger partial charge in [0.05, 0.1) is 4.88 Å². The Morgan fingerprint density at radius 2 is 2.09 bits per heavy atom. The third-order valence-electron chi connectivity index (χ3n) is 3.74. The largest absolute Gasteiger partial charge is 0.486 e. The first-order chi connectivity index (χ1) is 10.7. The number of benzene rings is 1. The summed E-state index contributed by atoms with van der Waals surface area (Å²) in [6.07, 6.45) is 0.886. The van der Waals surface area contributed by atoms with E-state index in [0.29, 0.717) is 25.7 Å². The molecule has 0 spiro atoms. The Morgan fingerprint density at radius 3 is 2.86 bits per heavy atom. The van der Waals surface area contributed by atoms with Crippen molar-refractivity contribution in [1.82, 2.24) is 5.32 Å². The molecule has 1 aromatic carbocycles. The molecule has 0 saturated carbocycles. The normalized spacial score (nSPS) is 14.4. The van der Waals surface area contributed by atoms with E-state index in [0.717, 1.165) is 22.8 Å². The van der Waals surface area contributed by atoms with Crippen molar-refractivity contribution < 1.29 is 14.3 Å². The maximum Gasteiger partial charge on any atom is 0.261 e. The maximum absolute atomic E-state index is 11.9. The molecule has 1 atom stereocenters. The van der Waals surface area contributed by atoms with Crippen LogP contribution >= 0.6 is 11.3 Å². The summed E-state index contributed by atoms with van der Waals surface area (Å²) < 4.78 is 11.1. The molecule has 1 aliphatic rings. The highest BCUT2D eigenvalue weighted by molar-refractivity contribution is 7.12. The van der Waals surface area contributed by atoms with Crippen molar-refractivity contribution in [3.8, 4) is 11.5 Å². The van der Waals surface area contributed by atoms with Crippen LogP contribution in [0, 0.1) is 0 Å². The highest BCUT2D eigenvalue weighted by Crippen LogP contribution is 2.33. The van der Waals surface area contributed by atoms with Gasteiger partial charge >= 0.3 is 0 Å². The van der Waals surface area contributed by atoms with Crippen molar-refractivity contribution >= 4 is 17.2 Å². The van der Waals surface area contributed by atoms with Crippen LogP contribution in [-0.4, -0.2) is 25.7 Å². The average Bonchev–Trinajstić information content (AvgIpc) is 3.08. The molecule has 0 bridgehead atoms. The summed E-state index contributed by atoms with van der Waals surface area (Å²) in [5.74, 6) is 1.98. The number of amides is 1. The number of thiophene rings is 1. The Balaban J connectivity index is 1.53. The van der Waals surface area contributed by atoms with Gasteiger partial charge in [-0.3, -0.25) is 4.79 Å². The Morgan fingerprint density at radius 1 is 1.27 bits per heavy atom. The van der Waals surface area contributed by atoms with E-state index in [-0.39, 0.29) is 5.91 Å². The van der Waals surface area contributed by atoms with Gasteiger partial charge in [0.2, 0.25) is 0 Å². The van der Waals surface area contributed by atoms with Crippen LogP contribution in [-0.2, 0) is 0 Å². The zero-order valence-corrected chi connectivity index (χ0v) is 13.3. The van der Waals surface area contributed by atoms with Crippen LogP contribution in [0.1, 0.15) is 34.5 Å². The quantitative estimate of drug-likeness (QED) is 0.919. The highest BCUT2D eigenvalue weighted by atomic mass is 32.1. The van der Waals surface area contributed by atoms with E-state index in [2.05, 4.69) is 18.3 Å². The summed E-state index contributed by atoms with van der Waals surface area (Å²) in [7, 11) is 0. The summed E-state index contributed by atoms with van der Waals surface area (Å²) in [5.41, 5.74) is 1.20. The molecule has 4 nitrogen and oxygen atoms in total. The second-order valence-corrected chi connectivity index (χ2v) is 6.27. The first kappa shape index (κ1) is 14.9. The molecule has 22 heavy (non-hydrogen) atoms. The molecular weight excluding hydrogens is 298 g/mol. The Bertz CT molecular complexity index is 639. The predicted molar refractivity (Wildman–Crippen MR) is 87.1 cm³/mol. The summed E-state index contributed by atoms with van der Waals surface area (Å²) >= 11 is 1.46. The van der Waals surface area contributed by atoms with E-state index in [1.165, 1.54) is 16.9 Å². The van der Waals surface area contributed by atoms with Crippen LogP contribution < -0.4 is 14.8 Å². The van der Waals surface area contributed by atoms with Crippen molar-refractivity contribution in [3.05, 3.63) is 46.2 Å². The molecule has 0 fully saturated rings. The lowest BCUT2D eigenvalue weighted by molar-refractivity contribution is 0.0956. The third kappa shape index (κ3) is 3.42. The van der Waals surface area contributed by atoms with Crippen LogP contribution in [0.15, 0.2) is 35.7 Å². The van der Waals surface area contributed by atoms with Crippen molar-refractivity contribution in [2.75, 3.05) is 19.8 Å². The number of hydrogen-bond donors (Lipinski definition) is 1. The topological polar surface area (TPSA) is 47.6 Å². The van der Waals surface area contributed by atoms with Gasteiger partial charge in [-0.05, 0) is 41.5 Å². The maximum atomic E-state index is 11.9. The van der Waals surface area contributed by atoms with Crippen LogP contribution in [0.5, 0.6) is 11.5 Å². The molecule has 3 rings (SSSR count). The first-order valence-corrected chi connectivity index (χ1v) is 8.33. The van der Waals surface area contributed by atoms with Crippen LogP contribution in [0.3, 0.4) is 0 Å². The lowest BCUT2D eigenvalue weighted by Crippen LogP contribution is -2.24. The van der Waals surface area contributed by atoms with Gasteiger partial charge in [0, 0.05) is 6.54 Å². The molecule has 5 heteroatoms. The lowest BCUT2D eigenvalue weighted by Gasteiger charge is -2.20. The molecule has 1 aliphatic heterocycles. The number of ether oxygens (including phenoxy) is 2. The van der Waals surface area contributed by atoms with Crippen molar-refractivity contribution in [2.45, 2.75) is 19.3 Å². The lowest BCUT2D eigenvalue weighted by atomic mass is 9.97. The second kappa shape index (κ2) is 6.83. The van der Waals surface area contributed by atoms with Crippen LogP contribution in [0.25, 0.3) is 0 Å². The summed E-state index contributed by atoms with van der Waals surface area (Å²) in [4.78, 5) is 12.6. The number of nitrogens with one attached hydrogen (secondary N) is 1. The van der Waals surface area contributed by atoms with E-state index in [9.17, 15) is 4.79 Å². The van der Waals surface area contributed by atoms with Gasteiger partial charge in [0.1, 0.15) is 13.2 Å². The number of fused-ring (bicyclic) bond motifs is 1. The van der Waals surface area contributed by atoms with Crippen LogP contribution in [0.4, 0.5) is 0 Å². The number of hydrogen-bond acceptors (Lipinski definition) is 4. The van der Waals surface area contributed by atoms with Crippen LogP contribution in [0.2, 0.25) is 0 Å². The van der Waals surface area contributed by atoms with Crippen molar-refractivity contribution in [2.24, 2.45) is 0 Å². The number of rotatable bonds is 5. The molecule has 0 saturated heterocycles. The number of carbonyl (C=O) groups excluding carboxylic acids is 1. The smallest absolute Gasteiger partial charge is 0.261 e. The predicted octanol–water partition coefficient (Wildman–Crippen LogP) is 3.44. The third-order valence-corrected chi connectivity index (χ3v) is 4.61. The monoisotopic (exact) mass is 317 g/mol. The minimum Gasteiger partial charge on any atom is -0.486 e. The minimum absolute atomic E-state index is 0.00405. The molecule has 1 N–H and O–H groups in total. The molecule has 2 heterocycles. The molecule has 0 aliphatic carbocycles. The molecule has 0 radical (unpaired) electrons. The second-order valence-electron chi connectivity index (χ2n) is 5.33. The molecular formula is C17H19NO3S. The fourth-order valence-electron chi connectivity index (χ4n) is 2.43. The minimum atomic E-state index is 0.00405. The highest BCUT2D eigenvalue weighted by Gasteiger charge is 2.15. The first-order valence-electron chi connectivity index (χ1n) is 7.45. The Kier molecular flexibility index (Phi) is 4.63. The molecule has 1 aromatic heterocycles. The summed E-state index contributed by atoms with van der Waals surface area (Å²) in [6.45, 7) is 4.02. The standard InChI is InChI=1S/C17H19NO3S/c1-12(6-7-18-17(19)16-3-2-10-22-16)13-4-5-14-15(11-13)21-9-8-20-14/h2-5,10-12H,6-9H2,1H3,(H,18,19). The fourth-order valence-corrected chi connectivity index (χ4v) is 3.07. The zero-order valence-electron chi connectivity index (χ0n) is 12.5. The van der Waals surface area contributed by atoms with E-state index in [1.54, 1.807) is 0 Å². The van der Waals surface area contributed by atoms with Gasteiger partial charge in [-0.15, -0.1) is 11.3 Å². The molecule has 1 unspecified atom stereocenters. The van der Waals surface area contributed by atoms with E-state index in [4.69, 9.17) is 9.47 Å².